The van der Waals surface area contributed by atoms with Crippen LogP contribution in [0.25, 0.3) is 11.2 Å². The Hall–Kier alpha value is -1.92. The molecule has 0 radical (unpaired) electrons. The number of H-pyrrole nitrogens is 1. The molecule has 1 fully saturated rings. The average molecular weight is 295 g/mol. The fourth-order valence-electron chi connectivity index (χ4n) is 1.96. The molecule has 2 aromatic rings. The first-order chi connectivity index (χ1) is 9.67. The maximum absolute atomic E-state index is 10.2. The van der Waals surface area contributed by atoms with Gasteiger partial charge in [-0.25, -0.2) is 0 Å². The van der Waals surface area contributed by atoms with Crippen LogP contribution in [0.1, 0.15) is 18.3 Å². The van der Waals surface area contributed by atoms with Crippen LogP contribution in [0.5, 0.6) is 6.01 Å². The molecule has 0 amide bonds. The third-order valence-corrected chi connectivity index (χ3v) is 2.98. The van der Waals surface area contributed by atoms with E-state index in [0.717, 1.165) is 0 Å². The first-order valence-corrected chi connectivity index (χ1v) is 6.55. The Morgan fingerprint density at radius 1 is 1.50 bits per heavy atom. The molecule has 104 valence electrons. The zero-order valence-electron chi connectivity index (χ0n) is 10.1. The van der Waals surface area contributed by atoms with Crippen molar-refractivity contribution < 1.29 is 19.1 Å². The number of ether oxygens (including phenoxy) is 2. The van der Waals surface area contributed by atoms with E-state index in [-0.39, 0.29) is 18.4 Å². The van der Waals surface area contributed by atoms with Crippen LogP contribution in [0.2, 0.25) is 0 Å². The Balaban J connectivity index is 1.99. The number of fused-ring (bicyclic) bond motifs is 1. The second kappa shape index (κ2) is 5.22. The summed E-state index contributed by atoms with van der Waals surface area (Å²) in [5.41, 5.74) is 6.53. The van der Waals surface area contributed by atoms with E-state index in [9.17, 15) is 9.67 Å². The summed E-state index contributed by atoms with van der Waals surface area (Å²) in [5, 5.41) is 9.45. The number of nitrogen functional groups attached to an aromatic ring is 1. The molecule has 0 spiro atoms. The van der Waals surface area contributed by atoms with E-state index < -0.39 is 20.1 Å². The summed E-state index contributed by atoms with van der Waals surface area (Å²) in [5.74, 6) is 2.65. The van der Waals surface area contributed by atoms with Gasteiger partial charge in [-0.05, 0) is 0 Å². The van der Waals surface area contributed by atoms with E-state index in [1.807, 2.05) is 0 Å². The molecule has 0 bridgehead atoms. The van der Waals surface area contributed by atoms with E-state index in [0.29, 0.717) is 23.4 Å². The summed E-state index contributed by atoms with van der Waals surface area (Å²) < 4.78 is 20.5. The van der Waals surface area contributed by atoms with E-state index in [4.69, 9.17) is 15.2 Å². The van der Waals surface area contributed by atoms with Gasteiger partial charge in [-0.15, -0.1) is 0 Å². The number of nitrogens with one attached hydrogen (secondary N) is 1. The number of imidazole rings is 1. The SMILES string of the molecule is Nc1nc(C2C[C@H](O)CO2)nc2nc(OC#P=O)[nH]c12. The Morgan fingerprint density at radius 3 is 3.05 bits per heavy atom. The molecule has 1 aliphatic rings. The summed E-state index contributed by atoms with van der Waals surface area (Å²) in [7, 11) is -0.397. The van der Waals surface area contributed by atoms with Crippen molar-refractivity contribution in [3.63, 3.8) is 0 Å². The van der Waals surface area contributed by atoms with Crippen molar-refractivity contribution in [1.29, 1.82) is 0 Å². The van der Waals surface area contributed by atoms with Gasteiger partial charge in [-0.3, -0.25) is 0 Å². The normalized spacial score (nSPS) is 21.9. The first-order valence-electron chi connectivity index (χ1n) is 5.74. The van der Waals surface area contributed by atoms with Crippen molar-refractivity contribution in [3.05, 3.63) is 5.82 Å². The van der Waals surface area contributed by atoms with Crippen molar-refractivity contribution in [2.45, 2.75) is 18.6 Å². The van der Waals surface area contributed by atoms with Gasteiger partial charge in [0.25, 0.3) is 0 Å². The second-order valence-corrected chi connectivity index (χ2v) is 4.57. The molecule has 20 heavy (non-hydrogen) atoms. The molecule has 2 aromatic heterocycles. The minimum absolute atomic E-state index is 0.0638. The molecule has 3 heterocycles. The number of nitrogens with zero attached hydrogens (tertiary/aromatic N) is 3. The first kappa shape index (κ1) is 13.1. The van der Waals surface area contributed by atoms with Crippen LogP contribution in [-0.4, -0.2) is 37.8 Å². The number of anilines is 1. The van der Waals surface area contributed by atoms with Crippen molar-refractivity contribution in [2.24, 2.45) is 0 Å². The molecular formula is C10H10N5O4P. The number of rotatable bonds is 2. The Kier molecular flexibility index (Phi) is 3.42. The number of aromatic amines is 1. The van der Waals surface area contributed by atoms with E-state index >= 15 is 0 Å². The molecule has 1 aliphatic heterocycles. The zero-order chi connectivity index (χ0) is 14.1. The Bertz CT molecular complexity index is 757. The Morgan fingerprint density at radius 2 is 2.35 bits per heavy atom. The van der Waals surface area contributed by atoms with Crippen LogP contribution in [0.3, 0.4) is 0 Å². The number of aliphatic hydroxyl groups is 1. The quantitative estimate of drug-likeness (QED) is 0.675. The van der Waals surface area contributed by atoms with Gasteiger partial charge >= 0.3 is 113 Å². The summed E-state index contributed by atoms with van der Waals surface area (Å²) >= 11 is 0. The molecule has 0 aliphatic carbocycles. The standard InChI is InChI=1S/C10H10N5O4P/c11-7-6-9(15-10(12-6)19-3-20-17)14-8(13-7)5-1-4(16)2-18-5/h4-5,16H,1-2H2,(H3,11,12,13,14,15)/t4-,5?/m0/s1. The fraction of sp³-hybridized carbons (Fsp3) is 0.400. The van der Waals surface area contributed by atoms with Crippen LogP contribution >= 0.6 is 7.92 Å². The maximum atomic E-state index is 10.2. The molecule has 0 aromatic carbocycles. The third kappa shape index (κ3) is 2.39. The second-order valence-electron chi connectivity index (χ2n) is 4.20. The zero-order valence-corrected chi connectivity index (χ0v) is 11.0. The van der Waals surface area contributed by atoms with Crippen LogP contribution in [-0.2, 0) is 9.30 Å². The molecule has 4 N–H and O–H groups in total. The minimum atomic E-state index is -0.529. The van der Waals surface area contributed by atoms with Gasteiger partial charge in [0.1, 0.15) is 0 Å². The summed E-state index contributed by atoms with van der Waals surface area (Å²) in [6.45, 7) is 0.243. The van der Waals surface area contributed by atoms with Gasteiger partial charge < -0.3 is 0 Å². The van der Waals surface area contributed by atoms with Gasteiger partial charge in [0.2, 0.25) is 0 Å². The molecule has 3 rings (SSSR count). The molecule has 1 saturated heterocycles. The van der Waals surface area contributed by atoms with E-state index in [1.165, 1.54) is 0 Å². The molecule has 1 unspecified atom stereocenters. The van der Waals surface area contributed by atoms with Gasteiger partial charge in [0.05, 0.1) is 0 Å². The molecule has 0 saturated carbocycles. The van der Waals surface area contributed by atoms with Gasteiger partial charge in [0, 0.05) is 0 Å². The summed E-state index contributed by atoms with van der Waals surface area (Å²) in [6, 6.07) is 0.0638. The van der Waals surface area contributed by atoms with Crippen molar-refractivity contribution in [2.75, 3.05) is 12.3 Å². The van der Waals surface area contributed by atoms with Crippen LogP contribution in [0.15, 0.2) is 0 Å². The summed E-state index contributed by atoms with van der Waals surface area (Å²) in [4.78, 5) is 15.1. The number of hydrogen-bond acceptors (Lipinski definition) is 8. The van der Waals surface area contributed by atoms with E-state index in [1.54, 1.807) is 0 Å². The Labute approximate surface area is 113 Å². The predicted octanol–water partition coefficient (Wildman–Crippen LogP) is 0.345. The van der Waals surface area contributed by atoms with Crippen LogP contribution < -0.4 is 10.5 Å². The van der Waals surface area contributed by atoms with Crippen LogP contribution in [0.4, 0.5) is 5.82 Å². The monoisotopic (exact) mass is 295 g/mol. The van der Waals surface area contributed by atoms with Crippen molar-refractivity contribution >= 4 is 24.9 Å². The van der Waals surface area contributed by atoms with Gasteiger partial charge in [-0.1, -0.05) is 0 Å². The van der Waals surface area contributed by atoms with Crippen molar-refractivity contribution in [1.82, 2.24) is 19.9 Å². The predicted molar refractivity (Wildman–Crippen MR) is 67.5 cm³/mol. The van der Waals surface area contributed by atoms with Crippen molar-refractivity contribution in [3.8, 4) is 11.8 Å². The topological polar surface area (TPSA) is 136 Å². The number of aromatic nitrogens is 4. The number of nitrogens with two attached hydrogens (primary N) is 1. The van der Waals surface area contributed by atoms with Gasteiger partial charge in [0.15, 0.2) is 0 Å². The summed E-state index contributed by atoms with van der Waals surface area (Å²) in [6.07, 6.45) is -0.523. The van der Waals surface area contributed by atoms with Gasteiger partial charge in [-0.2, -0.15) is 0 Å². The third-order valence-electron chi connectivity index (χ3n) is 2.82. The van der Waals surface area contributed by atoms with E-state index in [2.05, 4.69) is 25.7 Å². The van der Waals surface area contributed by atoms with Crippen LogP contribution in [0, 0.1) is 5.81 Å². The molecule has 2 atom stereocenters. The fourth-order valence-corrected chi connectivity index (χ4v) is 2.08. The molecule has 9 nitrogen and oxygen atoms in total. The molecular weight excluding hydrogens is 285 g/mol. The number of aliphatic hydroxyl groups excluding tert-OH is 1. The number of hydrogen-bond donors (Lipinski definition) is 3. The molecule has 10 heteroatoms. The average Bonchev–Trinajstić information content (AvgIpc) is 3.02.